The van der Waals surface area contributed by atoms with Crippen LogP contribution in [0, 0.1) is 6.92 Å². The van der Waals surface area contributed by atoms with E-state index in [0.29, 0.717) is 6.17 Å². The van der Waals surface area contributed by atoms with Crippen LogP contribution in [-0.4, -0.2) is 25.2 Å². The van der Waals surface area contributed by atoms with E-state index in [9.17, 15) is 0 Å². The van der Waals surface area contributed by atoms with Gasteiger partial charge in [0.1, 0.15) is 11.9 Å². The molecule has 0 spiro atoms. The lowest BCUT2D eigenvalue weighted by molar-refractivity contribution is 0.381. The Bertz CT molecular complexity index is 414. The van der Waals surface area contributed by atoms with Crippen LogP contribution in [0.4, 0.5) is 5.69 Å². The van der Waals surface area contributed by atoms with Crippen molar-refractivity contribution in [2.24, 2.45) is 0 Å². The maximum absolute atomic E-state index is 5.34. The number of nitrogens with zero attached hydrogens (tertiary/aromatic N) is 2. The van der Waals surface area contributed by atoms with E-state index in [0.717, 1.165) is 5.75 Å². The summed E-state index contributed by atoms with van der Waals surface area (Å²) in [6.07, 6.45) is 4.54. The quantitative estimate of drug-likeness (QED) is 0.758. The molecule has 0 unspecified atom stereocenters. The Hall–Kier alpha value is -1.64. The number of ether oxygens (including phenoxy) is 1. The highest BCUT2D eigenvalue weighted by Gasteiger charge is 2.22. The molecule has 3 heteroatoms. The summed E-state index contributed by atoms with van der Waals surface area (Å²) < 4.78 is 5.34. The van der Waals surface area contributed by atoms with Crippen LogP contribution >= 0.6 is 0 Å². The van der Waals surface area contributed by atoms with Crippen LogP contribution < -0.4 is 9.64 Å². The molecule has 0 radical (unpaired) electrons. The largest absolute Gasteiger partial charge is 0.496 e. The van der Waals surface area contributed by atoms with E-state index in [1.54, 1.807) is 7.11 Å². The molecule has 0 N–H and O–H groups in total. The minimum atomic E-state index is 0.353. The smallest absolute Gasteiger partial charge is 0.123 e. The zero-order chi connectivity index (χ0) is 11.7. The number of anilines is 1. The molecule has 1 aliphatic rings. The monoisotopic (exact) mass is 218 g/mol. The number of methoxy groups -OCH3 is 1. The first-order valence-corrected chi connectivity index (χ1v) is 5.47. The molecule has 0 bridgehead atoms. The third kappa shape index (κ3) is 1.62. The van der Waals surface area contributed by atoms with Gasteiger partial charge in [-0.3, -0.25) is 0 Å². The highest BCUT2D eigenvalue weighted by molar-refractivity contribution is 5.61. The summed E-state index contributed by atoms with van der Waals surface area (Å²) in [5.41, 5.74) is 2.38. The number of hydrogen-bond acceptors (Lipinski definition) is 3. The summed E-state index contributed by atoms with van der Waals surface area (Å²) in [6, 6.07) is 6.14. The molecule has 0 aliphatic carbocycles. The summed E-state index contributed by atoms with van der Waals surface area (Å²) in [6.45, 7) is 4.27. The fourth-order valence-corrected chi connectivity index (χ4v) is 2.01. The second-order valence-electron chi connectivity index (χ2n) is 4.11. The van der Waals surface area contributed by atoms with Crippen molar-refractivity contribution in [1.82, 2.24) is 4.90 Å². The zero-order valence-electron chi connectivity index (χ0n) is 10.3. The molecule has 1 heterocycles. The molecule has 0 fully saturated rings. The molecule has 1 atom stereocenters. The third-order valence-corrected chi connectivity index (χ3v) is 3.21. The molecule has 2 rings (SSSR count). The Labute approximate surface area is 96.9 Å². The number of rotatable bonds is 2. The van der Waals surface area contributed by atoms with E-state index < -0.39 is 0 Å². The van der Waals surface area contributed by atoms with Gasteiger partial charge in [0.2, 0.25) is 0 Å². The van der Waals surface area contributed by atoms with Crippen LogP contribution in [-0.2, 0) is 0 Å². The molecule has 86 valence electrons. The minimum Gasteiger partial charge on any atom is -0.496 e. The molecule has 16 heavy (non-hydrogen) atoms. The van der Waals surface area contributed by atoms with Gasteiger partial charge in [-0.05, 0) is 26.0 Å². The molecule has 0 saturated carbocycles. The van der Waals surface area contributed by atoms with Crippen molar-refractivity contribution in [3.63, 3.8) is 0 Å². The SMILES string of the molecule is COc1cccc(N2C=CN(C)[C@H]2C)c1C. The van der Waals surface area contributed by atoms with E-state index >= 15 is 0 Å². The number of hydrogen-bond donors (Lipinski definition) is 0. The zero-order valence-corrected chi connectivity index (χ0v) is 10.3. The maximum atomic E-state index is 5.34. The molecular weight excluding hydrogens is 200 g/mol. The van der Waals surface area contributed by atoms with Crippen LogP contribution in [0.1, 0.15) is 12.5 Å². The van der Waals surface area contributed by atoms with E-state index in [1.165, 1.54) is 11.3 Å². The van der Waals surface area contributed by atoms with Gasteiger partial charge in [0, 0.05) is 30.7 Å². The van der Waals surface area contributed by atoms with Gasteiger partial charge in [-0.1, -0.05) is 6.07 Å². The van der Waals surface area contributed by atoms with Gasteiger partial charge < -0.3 is 14.5 Å². The van der Waals surface area contributed by atoms with Crippen molar-refractivity contribution < 1.29 is 4.74 Å². The summed E-state index contributed by atoms with van der Waals surface area (Å²) >= 11 is 0. The van der Waals surface area contributed by atoms with E-state index in [-0.39, 0.29) is 0 Å². The lowest BCUT2D eigenvalue weighted by atomic mass is 10.1. The maximum Gasteiger partial charge on any atom is 0.123 e. The minimum absolute atomic E-state index is 0.353. The van der Waals surface area contributed by atoms with Crippen molar-refractivity contribution in [2.75, 3.05) is 19.1 Å². The lowest BCUT2D eigenvalue weighted by Gasteiger charge is -2.28. The first kappa shape index (κ1) is 10.9. The summed E-state index contributed by atoms with van der Waals surface area (Å²) in [7, 11) is 3.79. The van der Waals surface area contributed by atoms with Gasteiger partial charge in [0.25, 0.3) is 0 Å². The van der Waals surface area contributed by atoms with Crippen molar-refractivity contribution in [3.05, 3.63) is 36.2 Å². The Morgan fingerprint density at radius 3 is 2.56 bits per heavy atom. The van der Waals surface area contributed by atoms with Crippen LogP contribution in [0.25, 0.3) is 0 Å². The Morgan fingerprint density at radius 1 is 1.25 bits per heavy atom. The molecule has 1 aromatic carbocycles. The predicted molar refractivity (Wildman–Crippen MR) is 66.6 cm³/mol. The topological polar surface area (TPSA) is 15.7 Å². The average Bonchev–Trinajstić information content (AvgIpc) is 2.61. The normalized spacial score (nSPS) is 19.4. The Balaban J connectivity index is 2.38. The highest BCUT2D eigenvalue weighted by atomic mass is 16.5. The van der Waals surface area contributed by atoms with Crippen LogP contribution in [0.15, 0.2) is 30.6 Å². The Kier molecular flexibility index (Phi) is 2.77. The van der Waals surface area contributed by atoms with Crippen LogP contribution in [0.3, 0.4) is 0 Å². The van der Waals surface area contributed by atoms with Gasteiger partial charge >= 0.3 is 0 Å². The third-order valence-electron chi connectivity index (χ3n) is 3.21. The van der Waals surface area contributed by atoms with Crippen molar-refractivity contribution >= 4 is 5.69 Å². The van der Waals surface area contributed by atoms with Crippen LogP contribution in [0.5, 0.6) is 5.75 Å². The highest BCUT2D eigenvalue weighted by Crippen LogP contribution is 2.31. The molecule has 0 amide bonds. The molecule has 1 aliphatic heterocycles. The van der Waals surface area contributed by atoms with E-state index in [2.05, 4.69) is 49.2 Å². The predicted octanol–water partition coefficient (Wildman–Crippen LogP) is 2.57. The fourth-order valence-electron chi connectivity index (χ4n) is 2.01. The summed E-state index contributed by atoms with van der Waals surface area (Å²) in [4.78, 5) is 4.43. The molecule has 0 aromatic heterocycles. The average molecular weight is 218 g/mol. The molecule has 1 aromatic rings. The first-order valence-electron chi connectivity index (χ1n) is 5.47. The molecule has 0 saturated heterocycles. The first-order chi connectivity index (χ1) is 7.65. The molecule has 3 nitrogen and oxygen atoms in total. The van der Waals surface area contributed by atoms with Crippen molar-refractivity contribution in [3.8, 4) is 5.75 Å². The van der Waals surface area contributed by atoms with E-state index in [1.807, 2.05) is 12.1 Å². The number of benzene rings is 1. The van der Waals surface area contributed by atoms with Crippen molar-refractivity contribution in [1.29, 1.82) is 0 Å². The second-order valence-corrected chi connectivity index (χ2v) is 4.11. The fraction of sp³-hybridized carbons (Fsp3) is 0.385. The second kappa shape index (κ2) is 4.08. The Morgan fingerprint density at radius 2 is 2.00 bits per heavy atom. The summed E-state index contributed by atoms with van der Waals surface area (Å²) in [5, 5.41) is 0. The molecular formula is C13H18N2O. The van der Waals surface area contributed by atoms with Gasteiger partial charge in [-0.25, -0.2) is 0 Å². The van der Waals surface area contributed by atoms with Gasteiger partial charge in [0.05, 0.1) is 7.11 Å². The summed E-state index contributed by atoms with van der Waals surface area (Å²) in [5.74, 6) is 0.938. The van der Waals surface area contributed by atoms with Gasteiger partial charge in [-0.2, -0.15) is 0 Å². The van der Waals surface area contributed by atoms with Gasteiger partial charge in [0.15, 0.2) is 0 Å². The van der Waals surface area contributed by atoms with E-state index in [4.69, 9.17) is 4.74 Å². The lowest BCUT2D eigenvalue weighted by Crippen LogP contribution is -2.33. The van der Waals surface area contributed by atoms with Crippen LogP contribution in [0.2, 0.25) is 0 Å². The van der Waals surface area contributed by atoms with Gasteiger partial charge in [-0.15, -0.1) is 0 Å². The van der Waals surface area contributed by atoms with Crippen molar-refractivity contribution in [2.45, 2.75) is 20.0 Å². The standard InChI is InChI=1S/C13H18N2O/c1-10-12(6-5-7-13(10)16-4)15-9-8-14(3)11(15)2/h5-9,11H,1-4H3/t11-/m1/s1.